The van der Waals surface area contributed by atoms with Gasteiger partial charge in [-0.1, -0.05) is 18.2 Å². The molecule has 1 aromatic carbocycles. The molecule has 3 aromatic rings. The monoisotopic (exact) mass is 353 g/mol. The zero-order chi connectivity index (χ0) is 18.8. The van der Waals surface area contributed by atoms with Crippen molar-refractivity contribution in [3.8, 4) is 0 Å². The number of amides is 1. The van der Waals surface area contributed by atoms with E-state index in [0.717, 1.165) is 22.6 Å². The van der Waals surface area contributed by atoms with E-state index in [4.69, 9.17) is 4.42 Å². The summed E-state index contributed by atoms with van der Waals surface area (Å²) in [6.45, 7) is 7.86. The SMILES string of the molecule is Cc1ccc(CN(C(=O)Cn2nc(C)c3ccccc3c2=O)C(C)C)o1. The molecule has 0 atom stereocenters. The molecule has 3 rings (SSSR count). The Morgan fingerprint density at radius 1 is 1.15 bits per heavy atom. The third-order valence-corrected chi connectivity index (χ3v) is 4.40. The first-order valence-corrected chi connectivity index (χ1v) is 8.68. The van der Waals surface area contributed by atoms with Crippen molar-refractivity contribution >= 4 is 16.7 Å². The normalized spacial score (nSPS) is 11.3. The maximum absolute atomic E-state index is 12.8. The van der Waals surface area contributed by atoms with Crippen LogP contribution in [0.15, 0.2) is 45.6 Å². The Hall–Kier alpha value is -2.89. The fraction of sp³-hybridized carbons (Fsp3) is 0.350. The van der Waals surface area contributed by atoms with E-state index >= 15 is 0 Å². The van der Waals surface area contributed by atoms with Gasteiger partial charge in [0.2, 0.25) is 5.91 Å². The highest BCUT2D eigenvalue weighted by Crippen LogP contribution is 2.14. The van der Waals surface area contributed by atoms with Gasteiger partial charge in [0.15, 0.2) is 0 Å². The molecule has 2 aromatic heterocycles. The van der Waals surface area contributed by atoms with Gasteiger partial charge in [-0.15, -0.1) is 0 Å². The Bertz CT molecular complexity index is 1000. The van der Waals surface area contributed by atoms with E-state index in [-0.39, 0.29) is 24.1 Å². The number of fused-ring (bicyclic) bond motifs is 1. The molecule has 136 valence electrons. The predicted octanol–water partition coefficient (Wildman–Crippen LogP) is 3.04. The number of benzene rings is 1. The quantitative estimate of drug-likeness (QED) is 0.707. The molecule has 6 nitrogen and oxygen atoms in total. The zero-order valence-corrected chi connectivity index (χ0v) is 15.5. The highest BCUT2D eigenvalue weighted by Gasteiger charge is 2.20. The lowest BCUT2D eigenvalue weighted by atomic mass is 10.1. The molecule has 6 heteroatoms. The molecule has 0 N–H and O–H groups in total. The van der Waals surface area contributed by atoms with Gasteiger partial charge in [-0.2, -0.15) is 5.10 Å². The highest BCUT2D eigenvalue weighted by atomic mass is 16.3. The van der Waals surface area contributed by atoms with E-state index in [2.05, 4.69) is 5.10 Å². The van der Waals surface area contributed by atoms with E-state index < -0.39 is 0 Å². The van der Waals surface area contributed by atoms with Crippen molar-refractivity contribution in [2.24, 2.45) is 0 Å². The van der Waals surface area contributed by atoms with E-state index in [0.29, 0.717) is 11.9 Å². The topological polar surface area (TPSA) is 68.3 Å². The average Bonchev–Trinajstić information content (AvgIpc) is 3.02. The van der Waals surface area contributed by atoms with Crippen LogP contribution in [0, 0.1) is 13.8 Å². The van der Waals surface area contributed by atoms with Gasteiger partial charge >= 0.3 is 0 Å². The van der Waals surface area contributed by atoms with Gasteiger partial charge in [-0.05, 0) is 45.9 Å². The molecule has 0 aliphatic carbocycles. The van der Waals surface area contributed by atoms with Crippen LogP contribution in [0.3, 0.4) is 0 Å². The third-order valence-electron chi connectivity index (χ3n) is 4.40. The van der Waals surface area contributed by atoms with Gasteiger partial charge in [0, 0.05) is 11.4 Å². The second-order valence-electron chi connectivity index (χ2n) is 6.72. The minimum atomic E-state index is -0.253. The van der Waals surface area contributed by atoms with Gasteiger partial charge in [0.05, 0.1) is 17.6 Å². The van der Waals surface area contributed by atoms with Crippen LogP contribution in [0.4, 0.5) is 0 Å². The summed E-state index contributed by atoms with van der Waals surface area (Å²) >= 11 is 0. The van der Waals surface area contributed by atoms with Crippen molar-refractivity contribution in [2.75, 3.05) is 0 Å². The maximum atomic E-state index is 12.8. The summed E-state index contributed by atoms with van der Waals surface area (Å²) in [5, 5.41) is 5.71. The molecule has 0 saturated carbocycles. The van der Waals surface area contributed by atoms with Crippen LogP contribution in [0.1, 0.15) is 31.1 Å². The predicted molar refractivity (Wildman–Crippen MR) is 99.9 cm³/mol. The minimum Gasteiger partial charge on any atom is -0.464 e. The number of aromatic nitrogens is 2. The van der Waals surface area contributed by atoms with E-state index in [9.17, 15) is 9.59 Å². The molecule has 0 bridgehead atoms. The Labute approximate surface area is 152 Å². The van der Waals surface area contributed by atoms with Gasteiger partial charge in [-0.25, -0.2) is 4.68 Å². The van der Waals surface area contributed by atoms with Crippen LogP contribution in [-0.2, 0) is 17.9 Å². The second kappa shape index (κ2) is 7.15. The third kappa shape index (κ3) is 3.54. The van der Waals surface area contributed by atoms with Crippen molar-refractivity contribution in [1.29, 1.82) is 0 Å². The van der Waals surface area contributed by atoms with E-state index in [1.54, 1.807) is 11.0 Å². The number of carbonyl (C=O) groups is 1. The van der Waals surface area contributed by atoms with Crippen molar-refractivity contribution < 1.29 is 9.21 Å². The van der Waals surface area contributed by atoms with Crippen molar-refractivity contribution in [3.63, 3.8) is 0 Å². The van der Waals surface area contributed by atoms with Crippen molar-refractivity contribution in [1.82, 2.24) is 14.7 Å². The molecule has 0 saturated heterocycles. The number of rotatable bonds is 5. The van der Waals surface area contributed by atoms with Crippen molar-refractivity contribution in [3.05, 3.63) is 64.0 Å². The molecular formula is C20H23N3O3. The van der Waals surface area contributed by atoms with E-state index in [1.165, 1.54) is 4.68 Å². The molecule has 1 amide bonds. The minimum absolute atomic E-state index is 0.0230. The van der Waals surface area contributed by atoms with Crippen LogP contribution in [0.2, 0.25) is 0 Å². The Morgan fingerprint density at radius 3 is 2.46 bits per heavy atom. The molecule has 0 aliphatic heterocycles. The van der Waals surface area contributed by atoms with Crippen molar-refractivity contribution in [2.45, 2.75) is 46.8 Å². The summed E-state index contributed by atoms with van der Waals surface area (Å²) in [5.41, 5.74) is 0.475. The largest absolute Gasteiger partial charge is 0.464 e. The fourth-order valence-electron chi connectivity index (χ4n) is 3.03. The molecule has 0 fully saturated rings. The summed E-state index contributed by atoms with van der Waals surface area (Å²) in [6, 6.07) is 11.0. The maximum Gasteiger partial charge on any atom is 0.275 e. The lowest BCUT2D eigenvalue weighted by molar-refractivity contribution is -0.134. The molecule has 0 unspecified atom stereocenters. The highest BCUT2D eigenvalue weighted by molar-refractivity contribution is 5.83. The van der Waals surface area contributed by atoms with Crippen LogP contribution in [-0.4, -0.2) is 26.6 Å². The molecule has 0 aliphatic rings. The fourth-order valence-corrected chi connectivity index (χ4v) is 3.03. The van der Waals surface area contributed by atoms with Crippen LogP contribution in [0.5, 0.6) is 0 Å². The molecule has 0 radical (unpaired) electrons. The zero-order valence-electron chi connectivity index (χ0n) is 15.5. The van der Waals surface area contributed by atoms with Crippen LogP contribution < -0.4 is 5.56 Å². The van der Waals surface area contributed by atoms with Crippen LogP contribution in [0.25, 0.3) is 10.8 Å². The number of hydrogen-bond donors (Lipinski definition) is 0. The lowest BCUT2D eigenvalue weighted by Crippen LogP contribution is -2.41. The van der Waals surface area contributed by atoms with Gasteiger partial charge in [0.25, 0.3) is 5.56 Å². The smallest absolute Gasteiger partial charge is 0.275 e. The van der Waals surface area contributed by atoms with Gasteiger partial charge < -0.3 is 9.32 Å². The Morgan fingerprint density at radius 2 is 1.85 bits per heavy atom. The summed E-state index contributed by atoms with van der Waals surface area (Å²) < 4.78 is 6.84. The second-order valence-corrected chi connectivity index (χ2v) is 6.72. The molecular weight excluding hydrogens is 330 g/mol. The lowest BCUT2D eigenvalue weighted by Gasteiger charge is -2.26. The average molecular weight is 353 g/mol. The van der Waals surface area contributed by atoms with E-state index in [1.807, 2.05) is 58.0 Å². The summed E-state index contributed by atoms with van der Waals surface area (Å²) in [4.78, 5) is 27.2. The number of hydrogen-bond acceptors (Lipinski definition) is 4. The first kappa shape index (κ1) is 17.9. The summed E-state index contributed by atoms with van der Waals surface area (Å²) in [5.74, 6) is 1.36. The van der Waals surface area contributed by atoms with Gasteiger partial charge in [0.1, 0.15) is 18.1 Å². The molecule has 0 spiro atoms. The number of nitrogens with zero attached hydrogens (tertiary/aromatic N) is 3. The first-order valence-electron chi connectivity index (χ1n) is 8.68. The van der Waals surface area contributed by atoms with Crippen LogP contribution >= 0.6 is 0 Å². The van der Waals surface area contributed by atoms with Gasteiger partial charge in [-0.3, -0.25) is 9.59 Å². The summed E-state index contributed by atoms with van der Waals surface area (Å²) in [6.07, 6.45) is 0. The number of furan rings is 1. The molecule has 26 heavy (non-hydrogen) atoms. The Kier molecular flexibility index (Phi) is 4.93. The Balaban J connectivity index is 1.89. The first-order chi connectivity index (χ1) is 12.4. The number of aryl methyl sites for hydroxylation is 2. The standard InChI is InChI=1S/C20H23N3O3/c1-13(2)22(11-16-10-9-14(3)26-16)19(24)12-23-20(25)18-8-6-5-7-17(18)15(4)21-23/h5-10,13H,11-12H2,1-4H3. The molecule has 2 heterocycles. The summed E-state index contributed by atoms with van der Waals surface area (Å²) in [7, 11) is 0. The number of carbonyl (C=O) groups excluding carboxylic acids is 1.